The Hall–Kier alpha value is -3.78. The van der Waals surface area contributed by atoms with Crippen LogP contribution >= 0.6 is 0 Å². The van der Waals surface area contributed by atoms with Gasteiger partial charge < -0.3 is 15.5 Å². The lowest BCUT2D eigenvalue weighted by Crippen LogP contribution is -2.25. The first-order chi connectivity index (χ1) is 16.5. The zero-order valence-electron chi connectivity index (χ0n) is 19.8. The van der Waals surface area contributed by atoms with Crippen molar-refractivity contribution >= 4 is 40.4 Å². The van der Waals surface area contributed by atoms with Crippen molar-refractivity contribution in [2.75, 3.05) is 37.3 Å². The molecule has 0 saturated carbocycles. The lowest BCUT2D eigenvalue weighted by molar-refractivity contribution is 0.348. The fraction of sp³-hybridized carbons (Fsp3) is 0.269. The van der Waals surface area contributed by atoms with E-state index in [1.54, 1.807) is 18.2 Å². The van der Waals surface area contributed by atoms with Gasteiger partial charge in [-0.05, 0) is 68.9 Å². The van der Waals surface area contributed by atoms with Crippen molar-refractivity contribution in [2.24, 2.45) is 0 Å². The first-order valence-electron chi connectivity index (χ1n) is 11.5. The van der Waals surface area contributed by atoms with Crippen LogP contribution in [0.4, 0.5) is 21.7 Å². The van der Waals surface area contributed by atoms with Crippen molar-refractivity contribution < 1.29 is 4.39 Å². The molecule has 0 saturated heterocycles. The Bertz CT molecular complexity index is 1280. The standard InChI is InChI=1S/C26H30FN7/c1-4-13-34(3)14-12-28-21-9-10-22-23(17-21)29-24(11-8-19-6-5-7-20(27)16-19)30-26(22)31-25-15-18(2)32-33-25/h5-11,15-17,28H,4,12-14H2,1-3H3,(H2,29,30,31,32,33)/b11-8+. The monoisotopic (exact) mass is 459 g/mol. The number of H-pyrrole nitrogens is 1. The van der Waals surface area contributed by atoms with Gasteiger partial charge in [-0.3, -0.25) is 5.10 Å². The molecule has 0 atom stereocenters. The van der Waals surface area contributed by atoms with Crippen LogP contribution in [0.25, 0.3) is 23.1 Å². The van der Waals surface area contributed by atoms with Crippen LogP contribution < -0.4 is 10.6 Å². The molecule has 4 rings (SSSR count). The summed E-state index contributed by atoms with van der Waals surface area (Å²) in [7, 11) is 2.13. The fourth-order valence-corrected chi connectivity index (χ4v) is 3.70. The van der Waals surface area contributed by atoms with Crippen molar-refractivity contribution in [1.82, 2.24) is 25.1 Å². The van der Waals surface area contributed by atoms with Gasteiger partial charge >= 0.3 is 0 Å². The van der Waals surface area contributed by atoms with E-state index < -0.39 is 0 Å². The zero-order valence-corrected chi connectivity index (χ0v) is 19.8. The molecule has 0 bridgehead atoms. The number of likely N-dealkylation sites (N-methyl/N-ethyl adjacent to an activating group) is 1. The van der Waals surface area contributed by atoms with E-state index in [0.29, 0.717) is 17.5 Å². The van der Waals surface area contributed by atoms with Crippen LogP contribution in [0.15, 0.2) is 48.5 Å². The number of halogens is 1. The summed E-state index contributed by atoms with van der Waals surface area (Å²) >= 11 is 0. The number of aromatic nitrogens is 4. The highest BCUT2D eigenvalue weighted by molar-refractivity contribution is 5.93. The molecule has 0 unspecified atom stereocenters. The van der Waals surface area contributed by atoms with Gasteiger partial charge in [-0.2, -0.15) is 5.10 Å². The van der Waals surface area contributed by atoms with Crippen molar-refractivity contribution in [3.05, 3.63) is 71.4 Å². The maximum absolute atomic E-state index is 13.6. The van der Waals surface area contributed by atoms with Gasteiger partial charge in [0.1, 0.15) is 11.6 Å². The summed E-state index contributed by atoms with van der Waals surface area (Å²) in [5, 5.41) is 14.9. The molecule has 0 amide bonds. The number of hydrogen-bond acceptors (Lipinski definition) is 6. The second kappa shape index (κ2) is 10.9. The first-order valence-corrected chi connectivity index (χ1v) is 11.5. The number of anilines is 3. The van der Waals surface area contributed by atoms with Gasteiger partial charge in [-0.1, -0.05) is 25.1 Å². The average Bonchev–Trinajstić information content (AvgIpc) is 3.22. The molecule has 0 fully saturated rings. The minimum atomic E-state index is -0.280. The summed E-state index contributed by atoms with van der Waals surface area (Å²) in [6.45, 7) is 7.01. The fourth-order valence-electron chi connectivity index (χ4n) is 3.70. The molecule has 3 N–H and O–H groups in total. The maximum atomic E-state index is 13.6. The first kappa shape index (κ1) is 23.4. The van der Waals surface area contributed by atoms with E-state index in [9.17, 15) is 4.39 Å². The Morgan fingerprint density at radius 3 is 2.71 bits per heavy atom. The predicted molar refractivity (Wildman–Crippen MR) is 138 cm³/mol. The highest BCUT2D eigenvalue weighted by Crippen LogP contribution is 2.26. The molecule has 0 radical (unpaired) electrons. The molecule has 2 heterocycles. The normalized spacial score (nSPS) is 11.6. The summed E-state index contributed by atoms with van der Waals surface area (Å²) in [6.07, 6.45) is 4.73. The molecule has 34 heavy (non-hydrogen) atoms. The third-order valence-electron chi connectivity index (χ3n) is 5.37. The molecule has 176 valence electrons. The maximum Gasteiger partial charge on any atom is 0.154 e. The van der Waals surface area contributed by atoms with Crippen molar-refractivity contribution in [1.29, 1.82) is 0 Å². The summed E-state index contributed by atoms with van der Waals surface area (Å²) < 4.78 is 13.6. The number of rotatable bonds is 10. The topological polar surface area (TPSA) is 81.8 Å². The van der Waals surface area contributed by atoms with Crippen LogP contribution in [-0.4, -0.2) is 51.7 Å². The molecule has 0 aliphatic heterocycles. The van der Waals surface area contributed by atoms with Crippen LogP contribution in [0.3, 0.4) is 0 Å². The molecule has 4 aromatic rings. The highest BCUT2D eigenvalue weighted by atomic mass is 19.1. The molecule has 0 spiro atoms. The zero-order chi connectivity index (χ0) is 23.9. The Balaban J connectivity index is 1.63. The van der Waals surface area contributed by atoms with E-state index in [2.05, 4.69) is 39.7 Å². The van der Waals surface area contributed by atoms with Gasteiger partial charge in [0.2, 0.25) is 0 Å². The number of nitrogens with one attached hydrogen (secondary N) is 3. The Kier molecular flexibility index (Phi) is 7.49. The van der Waals surface area contributed by atoms with Gasteiger partial charge in [0, 0.05) is 35.9 Å². The van der Waals surface area contributed by atoms with Gasteiger partial charge in [0.25, 0.3) is 0 Å². The Labute approximate surface area is 199 Å². The summed E-state index contributed by atoms with van der Waals surface area (Å²) in [5.41, 5.74) is 3.49. The smallest absolute Gasteiger partial charge is 0.154 e. The number of aryl methyl sites for hydroxylation is 1. The van der Waals surface area contributed by atoms with E-state index in [1.165, 1.54) is 12.1 Å². The summed E-state index contributed by atoms with van der Waals surface area (Å²) in [6, 6.07) is 14.4. The van der Waals surface area contributed by atoms with Crippen LogP contribution in [0.5, 0.6) is 0 Å². The van der Waals surface area contributed by atoms with E-state index in [-0.39, 0.29) is 5.82 Å². The highest BCUT2D eigenvalue weighted by Gasteiger charge is 2.10. The second-order valence-electron chi connectivity index (χ2n) is 8.34. The SMILES string of the molecule is CCCN(C)CCNc1ccc2c(Nc3cc(C)[nH]n3)nc(/C=C/c3cccc(F)c3)nc2c1. The van der Waals surface area contributed by atoms with E-state index in [0.717, 1.165) is 53.9 Å². The van der Waals surface area contributed by atoms with Gasteiger partial charge in [0.15, 0.2) is 11.6 Å². The van der Waals surface area contributed by atoms with Crippen molar-refractivity contribution in [2.45, 2.75) is 20.3 Å². The van der Waals surface area contributed by atoms with Gasteiger partial charge in [0.05, 0.1) is 5.52 Å². The molecule has 2 aromatic carbocycles. The third kappa shape index (κ3) is 6.17. The Morgan fingerprint density at radius 1 is 1.06 bits per heavy atom. The van der Waals surface area contributed by atoms with E-state index in [1.807, 2.05) is 37.3 Å². The van der Waals surface area contributed by atoms with E-state index in [4.69, 9.17) is 9.97 Å². The number of fused-ring (bicyclic) bond motifs is 1. The van der Waals surface area contributed by atoms with Gasteiger partial charge in [-0.15, -0.1) is 0 Å². The van der Waals surface area contributed by atoms with Crippen LogP contribution in [-0.2, 0) is 0 Å². The van der Waals surface area contributed by atoms with Crippen LogP contribution in [0, 0.1) is 12.7 Å². The van der Waals surface area contributed by atoms with Gasteiger partial charge in [-0.25, -0.2) is 14.4 Å². The lowest BCUT2D eigenvalue weighted by atomic mass is 10.2. The molecule has 2 aromatic heterocycles. The number of aromatic amines is 1. The molecule has 0 aliphatic carbocycles. The molecular weight excluding hydrogens is 429 g/mol. The van der Waals surface area contributed by atoms with E-state index >= 15 is 0 Å². The second-order valence-corrected chi connectivity index (χ2v) is 8.34. The number of hydrogen-bond donors (Lipinski definition) is 3. The number of benzene rings is 2. The summed E-state index contributed by atoms with van der Waals surface area (Å²) in [4.78, 5) is 11.7. The van der Waals surface area contributed by atoms with Crippen LogP contribution in [0.1, 0.15) is 30.4 Å². The molecular formula is C26H30FN7. The third-order valence-corrected chi connectivity index (χ3v) is 5.37. The minimum Gasteiger partial charge on any atom is -0.384 e. The van der Waals surface area contributed by atoms with Crippen molar-refractivity contribution in [3.8, 4) is 0 Å². The molecule has 0 aliphatic rings. The lowest BCUT2D eigenvalue weighted by Gasteiger charge is -2.16. The summed E-state index contributed by atoms with van der Waals surface area (Å²) in [5.74, 6) is 1.58. The van der Waals surface area contributed by atoms with Crippen molar-refractivity contribution in [3.63, 3.8) is 0 Å². The van der Waals surface area contributed by atoms with Crippen LogP contribution in [0.2, 0.25) is 0 Å². The average molecular weight is 460 g/mol. The molecule has 7 nitrogen and oxygen atoms in total. The number of nitrogens with zero attached hydrogens (tertiary/aromatic N) is 4. The Morgan fingerprint density at radius 2 is 1.94 bits per heavy atom. The largest absolute Gasteiger partial charge is 0.384 e. The quantitative estimate of drug-likeness (QED) is 0.292. The minimum absolute atomic E-state index is 0.280. The predicted octanol–water partition coefficient (Wildman–Crippen LogP) is 5.47. The molecule has 8 heteroatoms.